The minimum atomic E-state index is -0.265. The molecule has 2 heterocycles. The van der Waals surface area contributed by atoms with Gasteiger partial charge in [0.15, 0.2) is 0 Å². The van der Waals surface area contributed by atoms with E-state index in [0.29, 0.717) is 23.6 Å². The highest BCUT2D eigenvalue weighted by Gasteiger charge is 2.11. The molecule has 0 saturated carbocycles. The Labute approximate surface area is 109 Å². The highest BCUT2D eigenvalue weighted by molar-refractivity contribution is 5.79. The third-order valence-corrected chi connectivity index (χ3v) is 3.12. The van der Waals surface area contributed by atoms with E-state index in [-0.39, 0.29) is 5.82 Å². The van der Waals surface area contributed by atoms with Crippen LogP contribution in [0.25, 0.3) is 11.0 Å². The number of hydrogen-bond acceptors (Lipinski definition) is 3. The number of aryl methyl sites for hydroxylation is 1. The van der Waals surface area contributed by atoms with E-state index in [1.165, 1.54) is 6.07 Å². The zero-order valence-electron chi connectivity index (χ0n) is 10.5. The van der Waals surface area contributed by atoms with Gasteiger partial charge in [-0.3, -0.25) is 4.98 Å². The molecule has 0 radical (unpaired) electrons. The molecule has 0 aliphatic rings. The number of hydrogen-bond donors (Lipinski definition) is 1. The summed E-state index contributed by atoms with van der Waals surface area (Å²) < 4.78 is 15.4. The first-order valence-electron chi connectivity index (χ1n) is 5.96. The summed E-state index contributed by atoms with van der Waals surface area (Å²) >= 11 is 0. The largest absolute Gasteiger partial charge is 0.369 e. The smallest absolute Gasteiger partial charge is 0.201 e. The van der Waals surface area contributed by atoms with Crippen LogP contribution in [0.2, 0.25) is 0 Å². The van der Waals surface area contributed by atoms with Gasteiger partial charge < -0.3 is 10.3 Å². The molecule has 1 aromatic carbocycles. The summed E-state index contributed by atoms with van der Waals surface area (Å²) in [5, 5.41) is 0. The number of fused-ring (bicyclic) bond motifs is 1. The topological polar surface area (TPSA) is 56.7 Å². The van der Waals surface area contributed by atoms with Gasteiger partial charge >= 0.3 is 0 Å². The van der Waals surface area contributed by atoms with Crippen LogP contribution in [-0.4, -0.2) is 14.5 Å². The first-order chi connectivity index (χ1) is 9.15. The molecule has 0 saturated heterocycles. The van der Waals surface area contributed by atoms with Crippen molar-refractivity contribution in [3.05, 3.63) is 53.6 Å². The molecule has 0 fully saturated rings. The van der Waals surface area contributed by atoms with Gasteiger partial charge in [0.1, 0.15) is 5.82 Å². The van der Waals surface area contributed by atoms with Crippen LogP contribution in [-0.2, 0) is 6.54 Å². The van der Waals surface area contributed by atoms with Crippen LogP contribution in [0, 0.1) is 12.7 Å². The number of pyridine rings is 1. The summed E-state index contributed by atoms with van der Waals surface area (Å²) in [7, 11) is 0. The Balaban J connectivity index is 2.13. The van der Waals surface area contributed by atoms with Crippen LogP contribution in [0.1, 0.15) is 11.1 Å². The summed E-state index contributed by atoms with van der Waals surface area (Å²) in [6, 6.07) is 7.02. The SMILES string of the molecule is Cc1cc2c(cc1F)nc(N)n2Cc1cccnc1. The van der Waals surface area contributed by atoms with Crippen molar-refractivity contribution in [3.63, 3.8) is 0 Å². The maximum atomic E-state index is 13.5. The lowest BCUT2D eigenvalue weighted by atomic mass is 10.2. The van der Waals surface area contributed by atoms with Gasteiger partial charge in [0, 0.05) is 18.5 Å². The maximum Gasteiger partial charge on any atom is 0.201 e. The first-order valence-corrected chi connectivity index (χ1v) is 5.96. The molecule has 0 aliphatic carbocycles. The van der Waals surface area contributed by atoms with Gasteiger partial charge in [-0.15, -0.1) is 0 Å². The van der Waals surface area contributed by atoms with E-state index >= 15 is 0 Å². The molecule has 0 atom stereocenters. The average molecular weight is 256 g/mol. The van der Waals surface area contributed by atoms with Crippen molar-refractivity contribution in [1.29, 1.82) is 0 Å². The number of nitrogens with two attached hydrogens (primary N) is 1. The molecular weight excluding hydrogens is 243 g/mol. The molecule has 3 rings (SSSR count). The standard InChI is InChI=1S/C14H13FN4/c1-9-5-13-12(6-11(9)15)18-14(16)19(13)8-10-3-2-4-17-7-10/h2-7H,8H2,1H3,(H2,16,18). The minimum Gasteiger partial charge on any atom is -0.369 e. The van der Waals surface area contributed by atoms with Crippen LogP contribution >= 0.6 is 0 Å². The number of nitrogens with zero attached hydrogens (tertiary/aromatic N) is 3. The van der Waals surface area contributed by atoms with Crippen LogP contribution in [0.4, 0.5) is 10.3 Å². The van der Waals surface area contributed by atoms with Gasteiger partial charge in [-0.2, -0.15) is 0 Å². The molecule has 19 heavy (non-hydrogen) atoms. The molecule has 5 heteroatoms. The summed E-state index contributed by atoms with van der Waals surface area (Å²) in [6.45, 7) is 2.30. The number of imidazole rings is 1. The zero-order valence-corrected chi connectivity index (χ0v) is 10.5. The monoisotopic (exact) mass is 256 g/mol. The van der Waals surface area contributed by atoms with Crippen LogP contribution in [0.15, 0.2) is 36.7 Å². The minimum absolute atomic E-state index is 0.265. The van der Waals surface area contributed by atoms with E-state index < -0.39 is 0 Å². The number of nitrogen functional groups attached to an aromatic ring is 1. The van der Waals surface area contributed by atoms with Crippen molar-refractivity contribution in [3.8, 4) is 0 Å². The van der Waals surface area contributed by atoms with Gasteiger partial charge in [-0.05, 0) is 30.2 Å². The Morgan fingerprint density at radius 1 is 1.37 bits per heavy atom. The van der Waals surface area contributed by atoms with E-state index in [9.17, 15) is 4.39 Å². The fourth-order valence-electron chi connectivity index (χ4n) is 2.11. The van der Waals surface area contributed by atoms with Gasteiger partial charge in [-0.25, -0.2) is 9.37 Å². The summed E-state index contributed by atoms with van der Waals surface area (Å²) in [5.74, 6) is 0.113. The molecule has 2 N–H and O–H groups in total. The number of benzene rings is 1. The molecule has 96 valence electrons. The maximum absolute atomic E-state index is 13.5. The van der Waals surface area contributed by atoms with E-state index in [1.54, 1.807) is 25.4 Å². The van der Waals surface area contributed by atoms with Gasteiger partial charge in [0.25, 0.3) is 0 Å². The fourth-order valence-corrected chi connectivity index (χ4v) is 2.11. The van der Waals surface area contributed by atoms with Crippen molar-refractivity contribution in [2.75, 3.05) is 5.73 Å². The van der Waals surface area contributed by atoms with Crippen LogP contribution in [0.3, 0.4) is 0 Å². The molecule has 0 bridgehead atoms. The number of rotatable bonds is 2. The van der Waals surface area contributed by atoms with Crippen molar-refractivity contribution >= 4 is 17.0 Å². The summed E-state index contributed by atoms with van der Waals surface area (Å²) in [4.78, 5) is 8.26. The second-order valence-electron chi connectivity index (χ2n) is 4.51. The normalized spacial score (nSPS) is 11.1. The second-order valence-corrected chi connectivity index (χ2v) is 4.51. The molecule has 2 aromatic heterocycles. The Morgan fingerprint density at radius 3 is 2.95 bits per heavy atom. The number of anilines is 1. The van der Waals surface area contributed by atoms with E-state index in [0.717, 1.165) is 11.1 Å². The molecular formula is C14H13FN4. The van der Waals surface area contributed by atoms with Crippen molar-refractivity contribution in [2.24, 2.45) is 0 Å². The molecule has 3 aromatic rings. The van der Waals surface area contributed by atoms with Gasteiger partial charge in [-0.1, -0.05) is 6.07 Å². The Morgan fingerprint density at radius 2 is 2.21 bits per heavy atom. The summed E-state index contributed by atoms with van der Waals surface area (Å²) in [6.07, 6.45) is 3.50. The van der Waals surface area contributed by atoms with Crippen molar-refractivity contribution in [1.82, 2.24) is 14.5 Å². The van der Waals surface area contributed by atoms with Gasteiger partial charge in [0.05, 0.1) is 17.6 Å². The zero-order chi connectivity index (χ0) is 13.4. The lowest BCUT2D eigenvalue weighted by Gasteiger charge is -2.06. The molecule has 0 aliphatic heterocycles. The Hall–Kier alpha value is -2.43. The summed E-state index contributed by atoms with van der Waals surface area (Å²) in [5.41, 5.74) is 8.92. The third-order valence-electron chi connectivity index (χ3n) is 3.12. The van der Waals surface area contributed by atoms with E-state index in [2.05, 4.69) is 9.97 Å². The van der Waals surface area contributed by atoms with Gasteiger partial charge in [0.2, 0.25) is 5.95 Å². The third kappa shape index (κ3) is 2.03. The number of halogens is 1. The molecule has 0 amide bonds. The lowest BCUT2D eigenvalue weighted by molar-refractivity contribution is 0.620. The van der Waals surface area contributed by atoms with E-state index in [4.69, 9.17) is 5.73 Å². The fraction of sp³-hybridized carbons (Fsp3) is 0.143. The van der Waals surface area contributed by atoms with E-state index in [1.807, 2.05) is 16.7 Å². The van der Waals surface area contributed by atoms with Crippen LogP contribution < -0.4 is 5.73 Å². The molecule has 4 nitrogen and oxygen atoms in total. The highest BCUT2D eigenvalue weighted by atomic mass is 19.1. The lowest BCUT2D eigenvalue weighted by Crippen LogP contribution is -2.04. The van der Waals surface area contributed by atoms with Crippen molar-refractivity contribution < 1.29 is 4.39 Å². The predicted octanol–water partition coefficient (Wildman–Crippen LogP) is 2.51. The molecule has 0 unspecified atom stereocenters. The number of aromatic nitrogens is 3. The molecule has 0 spiro atoms. The van der Waals surface area contributed by atoms with Crippen LogP contribution in [0.5, 0.6) is 0 Å². The highest BCUT2D eigenvalue weighted by Crippen LogP contribution is 2.22. The second kappa shape index (κ2) is 4.35. The predicted molar refractivity (Wildman–Crippen MR) is 72.2 cm³/mol. The Kier molecular flexibility index (Phi) is 2.67. The Bertz CT molecular complexity index is 734. The van der Waals surface area contributed by atoms with Crippen molar-refractivity contribution in [2.45, 2.75) is 13.5 Å². The quantitative estimate of drug-likeness (QED) is 0.766. The average Bonchev–Trinajstić information content (AvgIpc) is 2.68. The first kappa shape index (κ1) is 11.6.